The van der Waals surface area contributed by atoms with Crippen molar-refractivity contribution in [1.82, 2.24) is 5.32 Å². The summed E-state index contributed by atoms with van der Waals surface area (Å²) in [4.78, 5) is 22.4. The number of carbonyl (C=O) groups is 2. The first-order valence-electron chi connectivity index (χ1n) is 8.53. The van der Waals surface area contributed by atoms with E-state index in [1.165, 1.54) is 0 Å². The number of esters is 1. The number of carbonyl (C=O) groups excluding carboxylic acids is 1. The third kappa shape index (κ3) is 5.46. The number of hydrogen-bond donors (Lipinski definition) is 2. The molecule has 1 aliphatic rings. The van der Waals surface area contributed by atoms with E-state index in [0.717, 1.165) is 6.54 Å². The summed E-state index contributed by atoms with van der Waals surface area (Å²) < 4.78 is 11.4. The van der Waals surface area contributed by atoms with Gasteiger partial charge in [0.2, 0.25) is 0 Å². The quantitative estimate of drug-likeness (QED) is 0.473. The molecule has 1 fully saturated rings. The Labute approximate surface area is 138 Å². The van der Waals surface area contributed by atoms with Gasteiger partial charge in [-0.05, 0) is 24.7 Å². The minimum Gasteiger partial charge on any atom is -0.481 e. The van der Waals surface area contributed by atoms with Crippen LogP contribution in [0.5, 0.6) is 0 Å². The van der Waals surface area contributed by atoms with Crippen molar-refractivity contribution in [2.24, 2.45) is 17.3 Å². The summed E-state index contributed by atoms with van der Waals surface area (Å²) >= 11 is 0. The lowest BCUT2D eigenvalue weighted by Crippen LogP contribution is -2.53. The monoisotopic (exact) mass is 329 g/mol. The van der Waals surface area contributed by atoms with Crippen LogP contribution in [0.4, 0.5) is 0 Å². The Morgan fingerprint density at radius 1 is 1.22 bits per heavy atom. The predicted molar refractivity (Wildman–Crippen MR) is 86.9 cm³/mol. The highest BCUT2D eigenvalue weighted by Gasteiger charge is 2.47. The zero-order valence-electron chi connectivity index (χ0n) is 14.8. The molecular weight excluding hydrogens is 298 g/mol. The number of aliphatic carboxylic acids is 1. The third-order valence-electron chi connectivity index (χ3n) is 4.86. The van der Waals surface area contributed by atoms with E-state index in [9.17, 15) is 9.59 Å². The number of ether oxygens (including phenoxy) is 2. The first kappa shape index (κ1) is 19.9. The van der Waals surface area contributed by atoms with Crippen molar-refractivity contribution < 1.29 is 24.2 Å². The van der Waals surface area contributed by atoms with Crippen LogP contribution in [-0.4, -0.2) is 43.0 Å². The van der Waals surface area contributed by atoms with Gasteiger partial charge >= 0.3 is 11.9 Å². The molecule has 2 N–H and O–H groups in total. The fourth-order valence-corrected chi connectivity index (χ4v) is 3.28. The summed E-state index contributed by atoms with van der Waals surface area (Å²) in [6, 6.07) is 0. The van der Waals surface area contributed by atoms with E-state index in [4.69, 9.17) is 14.6 Å². The molecule has 0 amide bonds. The molecule has 1 saturated heterocycles. The van der Waals surface area contributed by atoms with Gasteiger partial charge in [-0.25, -0.2) is 0 Å². The average Bonchev–Trinajstić information content (AvgIpc) is 2.98. The van der Waals surface area contributed by atoms with Gasteiger partial charge in [-0.3, -0.25) is 14.9 Å². The number of carboxylic acids is 1. The molecule has 134 valence electrons. The molecule has 0 aliphatic carbocycles. The SMILES string of the molecule is CC(C)C(COC(=O)CCCCC(=O)O)(C(C)C)C1NCCO1. The Balaban J connectivity index is 2.56. The van der Waals surface area contributed by atoms with Crippen LogP contribution in [0.25, 0.3) is 0 Å². The van der Waals surface area contributed by atoms with Crippen molar-refractivity contribution in [2.45, 2.75) is 59.6 Å². The van der Waals surface area contributed by atoms with E-state index >= 15 is 0 Å². The van der Waals surface area contributed by atoms with E-state index in [0.29, 0.717) is 26.1 Å². The standard InChI is InChI=1S/C17H31NO5/c1-12(2)17(13(3)4,16-18-9-10-22-16)11-23-15(21)8-6-5-7-14(19)20/h12-13,16,18H,5-11H2,1-4H3,(H,19,20). The van der Waals surface area contributed by atoms with E-state index in [-0.39, 0.29) is 42.3 Å². The molecule has 1 rings (SSSR count). The van der Waals surface area contributed by atoms with Crippen LogP contribution >= 0.6 is 0 Å². The Bertz CT molecular complexity index is 380. The van der Waals surface area contributed by atoms with Crippen molar-refractivity contribution >= 4 is 11.9 Å². The molecule has 0 saturated carbocycles. The fraction of sp³-hybridized carbons (Fsp3) is 0.882. The fourth-order valence-electron chi connectivity index (χ4n) is 3.28. The Morgan fingerprint density at radius 2 is 1.83 bits per heavy atom. The predicted octanol–water partition coefficient (Wildman–Crippen LogP) is 2.42. The van der Waals surface area contributed by atoms with Gasteiger partial charge in [-0.15, -0.1) is 0 Å². The molecule has 1 heterocycles. The Morgan fingerprint density at radius 3 is 2.30 bits per heavy atom. The molecule has 0 radical (unpaired) electrons. The molecule has 1 aliphatic heterocycles. The van der Waals surface area contributed by atoms with Gasteiger partial charge in [0, 0.05) is 24.8 Å². The zero-order valence-corrected chi connectivity index (χ0v) is 14.8. The minimum atomic E-state index is -0.832. The maximum absolute atomic E-state index is 12.0. The number of nitrogens with one attached hydrogen (secondary N) is 1. The van der Waals surface area contributed by atoms with Crippen LogP contribution in [0, 0.1) is 17.3 Å². The molecule has 6 nitrogen and oxygen atoms in total. The maximum Gasteiger partial charge on any atom is 0.305 e. The van der Waals surface area contributed by atoms with Gasteiger partial charge in [0.15, 0.2) is 0 Å². The second-order valence-corrected chi connectivity index (χ2v) is 6.89. The summed E-state index contributed by atoms with van der Waals surface area (Å²) in [6.07, 6.45) is 1.28. The zero-order chi connectivity index (χ0) is 17.5. The van der Waals surface area contributed by atoms with Gasteiger partial charge < -0.3 is 14.6 Å². The summed E-state index contributed by atoms with van der Waals surface area (Å²) in [7, 11) is 0. The highest BCUT2D eigenvalue weighted by Crippen LogP contribution is 2.41. The van der Waals surface area contributed by atoms with Crippen molar-refractivity contribution in [2.75, 3.05) is 19.8 Å². The average molecular weight is 329 g/mol. The number of rotatable bonds is 10. The molecule has 1 atom stereocenters. The highest BCUT2D eigenvalue weighted by atomic mass is 16.5. The largest absolute Gasteiger partial charge is 0.481 e. The van der Waals surface area contributed by atoms with Gasteiger partial charge in [0.1, 0.15) is 12.8 Å². The summed E-state index contributed by atoms with van der Waals surface area (Å²) in [5.74, 6) is -0.517. The molecule has 6 heteroatoms. The molecule has 0 aromatic heterocycles. The lowest BCUT2D eigenvalue weighted by molar-refractivity contribution is -0.160. The van der Waals surface area contributed by atoms with Gasteiger partial charge in [0.05, 0.1) is 6.61 Å². The summed E-state index contributed by atoms with van der Waals surface area (Å²) in [5.41, 5.74) is -0.271. The van der Waals surface area contributed by atoms with Crippen LogP contribution < -0.4 is 5.32 Å². The van der Waals surface area contributed by atoms with Crippen LogP contribution in [-0.2, 0) is 19.1 Å². The molecule has 0 aromatic carbocycles. The first-order chi connectivity index (χ1) is 10.8. The molecular formula is C17H31NO5. The van der Waals surface area contributed by atoms with Crippen molar-refractivity contribution in [3.05, 3.63) is 0 Å². The molecule has 1 unspecified atom stereocenters. The molecule has 0 bridgehead atoms. The lowest BCUT2D eigenvalue weighted by Gasteiger charge is -2.44. The van der Waals surface area contributed by atoms with Crippen LogP contribution in [0.15, 0.2) is 0 Å². The third-order valence-corrected chi connectivity index (χ3v) is 4.86. The molecule has 23 heavy (non-hydrogen) atoms. The topological polar surface area (TPSA) is 84.9 Å². The van der Waals surface area contributed by atoms with Gasteiger partial charge in [-0.2, -0.15) is 0 Å². The van der Waals surface area contributed by atoms with Gasteiger partial charge in [0.25, 0.3) is 0 Å². The highest BCUT2D eigenvalue weighted by molar-refractivity contribution is 5.69. The van der Waals surface area contributed by atoms with Crippen molar-refractivity contribution in [3.63, 3.8) is 0 Å². The van der Waals surface area contributed by atoms with Crippen molar-refractivity contribution in [3.8, 4) is 0 Å². The van der Waals surface area contributed by atoms with Gasteiger partial charge in [-0.1, -0.05) is 27.7 Å². The number of unbranched alkanes of at least 4 members (excludes halogenated alkanes) is 1. The van der Waals surface area contributed by atoms with E-state index in [1.54, 1.807) is 0 Å². The number of carboxylic acid groups (broad SMARTS) is 1. The van der Waals surface area contributed by atoms with Crippen LogP contribution in [0.2, 0.25) is 0 Å². The minimum absolute atomic E-state index is 0.0923. The molecule has 0 aromatic rings. The smallest absolute Gasteiger partial charge is 0.305 e. The Hall–Kier alpha value is -1.14. The Kier molecular flexibility index (Phi) is 7.99. The van der Waals surface area contributed by atoms with Crippen LogP contribution in [0.3, 0.4) is 0 Å². The lowest BCUT2D eigenvalue weighted by atomic mass is 9.68. The first-order valence-corrected chi connectivity index (χ1v) is 8.53. The van der Waals surface area contributed by atoms with Crippen molar-refractivity contribution in [1.29, 1.82) is 0 Å². The second kappa shape index (κ2) is 9.23. The normalized spacial score (nSPS) is 18.6. The maximum atomic E-state index is 12.0. The van der Waals surface area contributed by atoms with E-state index < -0.39 is 5.97 Å². The van der Waals surface area contributed by atoms with E-state index in [2.05, 4.69) is 33.0 Å². The molecule has 0 spiro atoms. The van der Waals surface area contributed by atoms with Crippen LogP contribution in [0.1, 0.15) is 53.4 Å². The van der Waals surface area contributed by atoms with E-state index in [1.807, 2.05) is 0 Å². The number of hydrogen-bond acceptors (Lipinski definition) is 5. The summed E-state index contributed by atoms with van der Waals surface area (Å²) in [5, 5.41) is 12.0. The second-order valence-electron chi connectivity index (χ2n) is 6.89. The summed E-state index contributed by atoms with van der Waals surface area (Å²) in [6.45, 7) is 10.3.